The third-order valence-corrected chi connectivity index (χ3v) is 4.06. The molecule has 1 N–H and O–H groups in total. The number of aromatic hydroxyl groups is 1. The number of rotatable bonds is 3. The molecule has 140 valence electrons. The topological polar surface area (TPSA) is 54.2 Å². The van der Waals surface area contributed by atoms with E-state index in [4.69, 9.17) is 16.3 Å². The van der Waals surface area contributed by atoms with Crippen LogP contribution in [0.1, 0.15) is 11.1 Å². The molecule has 27 heavy (non-hydrogen) atoms. The van der Waals surface area contributed by atoms with Crippen LogP contribution in [0.2, 0.25) is 5.02 Å². The van der Waals surface area contributed by atoms with Crippen molar-refractivity contribution in [3.63, 3.8) is 0 Å². The largest absolute Gasteiger partial charge is 0.503 e. The van der Waals surface area contributed by atoms with Gasteiger partial charge in [-0.2, -0.15) is 13.2 Å². The first-order valence-corrected chi connectivity index (χ1v) is 7.85. The molecule has 0 saturated heterocycles. The third kappa shape index (κ3) is 3.66. The van der Waals surface area contributed by atoms with Crippen molar-refractivity contribution in [1.29, 1.82) is 0 Å². The van der Waals surface area contributed by atoms with Crippen LogP contribution in [-0.4, -0.2) is 24.6 Å². The van der Waals surface area contributed by atoms with Crippen molar-refractivity contribution in [1.82, 2.24) is 0 Å². The number of benzene rings is 2. The van der Waals surface area contributed by atoms with Crippen LogP contribution in [0.15, 0.2) is 40.1 Å². The molecule has 0 spiro atoms. The van der Waals surface area contributed by atoms with Gasteiger partial charge in [-0.15, -0.1) is 0 Å². The van der Waals surface area contributed by atoms with Crippen LogP contribution in [-0.2, 0) is 6.18 Å². The molecule has 0 aliphatic carbocycles. The van der Waals surface area contributed by atoms with Gasteiger partial charge in [-0.3, -0.25) is 0 Å². The van der Waals surface area contributed by atoms with Crippen LogP contribution in [0.4, 0.5) is 17.6 Å². The number of alkyl halides is 3. The van der Waals surface area contributed by atoms with Crippen LogP contribution in [0.5, 0.6) is 11.5 Å². The summed E-state index contributed by atoms with van der Waals surface area (Å²) in [5.74, 6) is -1.69. The first-order valence-electron chi connectivity index (χ1n) is 7.47. The van der Waals surface area contributed by atoms with E-state index in [0.717, 1.165) is 12.1 Å². The van der Waals surface area contributed by atoms with Crippen LogP contribution >= 0.6 is 11.6 Å². The van der Waals surface area contributed by atoms with E-state index >= 15 is 0 Å². The highest BCUT2D eigenvalue weighted by molar-refractivity contribution is 6.32. The highest BCUT2D eigenvalue weighted by atomic mass is 35.5. The number of hydrogen-bond donors (Lipinski definition) is 1. The van der Waals surface area contributed by atoms with Crippen molar-refractivity contribution in [2.24, 2.45) is 9.98 Å². The SMILES string of the molecule is COc1c(O)c(Cl)cc(C=C2N=CC=N2)c1-c1ccc(C(F)(F)F)c(F)c1. The second-order valence-corrected chi connectivity index (χ2v) is 5.86. The minimum absolute atomic E-state index is 0.0548. The molecule has 9 heteroatoms. The predicted molar refractivity (Wildman–Crippen MR) is 95.0 cm³/mol. The maximum absolute atomic E-state index is 14.1. The quantitative estimate of drug-likeness (QED) is 0.710. The predicted octanol–water partition coefficient (Wildman–Crippen LogP) is 5.33. The molecule has 2 aromatic rings. The summed E-state index contributed by atoms with van der Waals surface area (Å²) in [5.41, 5.74) is -0.854. The Hall–Kier alpha value is -2.87. The highest BCUT2D eigenvalue weighted by Gasteiger charge is 2.34. The molecule has 0 unspecified atom stereocenters. The molecule has 1 aliphatic rings. The molecular formula is C18H11ClF4N2O2. The van der Waals surface area contributed by atoms with E-state index in [1.54, 1.807) is 0 Å². The van der Waals surface area contributed by atoms with Crippen molar-refractivity contribution in [2.75, 3.05) is 7.11 Å². The monoisotopic (exact) mass is 398 g/mol. The lowest BCUT2D eigenvalue weighted by Crippen LogP contribution is -2.08. The maximum atomic E-state index is 14.1. The summed E-state index contributed by atoms with van der Waals surface area (Å²) < 4.78 is 57.7. The van der Waals surface area contributed by atoms with Gasteiger partial charge >= 0.3 is 6.18 Å². The fraction of sp³-hybridized carbons (Fsp3) is 0.111. The Labute approximate surface area is 156 Å². The average molecular weight is 399 g/mol. The van der Waals surface area contributed by atoms with Crippen molar-refractivity contribution in [2.45, 2.75) is 6.18 Å². The average Bonchev–Trinajstić information content (AvgIpc) is 3.09. The number of hydrogen-bond acceptors (Lipinski definition) is 4. The zero-order valence-electron chi connectivity index (χ0n) is 13.7. The molecule has 1 aliphatic heterocycles. The minimum atomic E-state index is -4.83. The van der Waals surface area contributed by atoms with Gasteiger partial charge in [0.15, 0.2) is 17.3 Å². The molecule has 0 bridgehead atoms. The van der Waals surface area contributed by atoms with Gasteiger partial charge in [0.1, 0.15) is 5.82 Å². The standard InChI is InChI=1S/C18H11ClF4N2O2/c1-27-17-15(9-2-3-11(13(20)7-9)18(21,22)23)10(6-12(19)16(17)26)8-14-24-4-5-25-14/h2-8,26H,1H3. The van der Waals surface area contributed by atoms with Crippen LogP contribution in [0, 0.1) is 5.82 Å². The first-order chi connectivity index (χ1) is 12.7. The fourth-order valence-electron chi connectivity index (χ4n) is 2.61. The van der Waals surface area contributed by atoms with E-state index in [1.165, 1.54) is 31.7 Å². The van der Waals surface area contributed by atoms with Gasteiger partial charge in [0.25, 0.3) is 0 Å². The zero-order valence-corrected chi connectivity index (χ0v) is 14.4. The minimum Gasteiger partial charge on any atom is -0.503 e. The number of halogens is 5. The summed E-state index contributed by atoms with van der Waals surface area (Å²) in [6.07, 6.45) is -0.448. The molecule has 2 aromatic carbocycles. The molecule has 3 rings (SSSR count). The Morgan fingerprint density at radius 1 is 1.15 bits per heavy atom. The lowest BCUT2D eigenvalue weighted by atomic mass is 9.96. The van der Waals surface area contributed by atoms with Gasteiger partial charge < -0.3 is 9.84 Å². The molecule has 0 amide bonds. The molecule has 0 radical (unpaired) electrons. The van der Waals surface area contributed by atoms with Crippen LogP contribution in [0.3, 0.4) is 0 Å². The number of aliphatic imine (C=N–C) groups is 2. The van der Waals surface area contributed by atoms with Crippen molar-refractivity contribution in [3.8, 4) is 22.6 Å². The lowest BCUT2D eigenvalue weighted by molar-refractivity contribution is -0.139. The molecule has 0 fully saturated rings. The second-order valence-electron chi connectivity index (χ2n) is 5.46. The van der Waals surface area contributed by atoms with Crippen LogP contribution < -0.4 is 4.74 Å². The van der Waals surface area contributed by atoms with Gasteiger partial charge in [0.05, 0.1) is 17.7 Å². The molecule has 0 aromatic heterocycles. The van der Waals surface area contributed by atoms with E-state index in [9.17, 15) is 22.7 Å². The van der Waals surface area contributed by atoms with Crippen molar-refractivity contribution >= 4 is 30.1 Å². The summed E-state index contributed by atoms with van der Waals surface area (Å²) in [6.45, 7) is 0. The fourth-order valence-corrected chi connectivity index (χ4v) is 2.82. The Morgan fingerprint density at radius 3 is 2.37 bits per heavy atom. The third-order valence-electron chi connectivity index (χ3n) is 3.77. The number of nitrogens with zero attached hydrogens (tertiary/aromatic N) is 2. The molecule has 0 atom stereocenters. The summed E-state index contributed by atoms with van der Waals surface area (Å²) in [4.78, 5) is 7.96. The second kappa shape index (κ2) is 7.03. The van der Waals surface area contributed by atoms with Gasteiger partial charge in [-0.1, -0.05) is 17.7 Å². The number of methoxy groups -OCH3 is 1. The Bertz CT molecular complexity index is 984. The first kappa shape index (κ1) is 18.9. The maximum Gasteiger partial charge on any atom is 0.419 e. The van der Waals surface area contributed by atoms with E-state index < -0.39 is 23.3 Å². The smallest absolute Gasteiger partial charge is 0.419 e. The zero-order chi connectivity index (χ0) is 19.8. The molecule has 0 saturated carbocycles. The highest BCUT2D eigenvalue weighted by Crippen LogP contribution is 2.46. The van der Waals surface area contributed by atoms with Gasteiger partial charge in [-0.25, -0.2) is 14.4 Å². The lowest BCUT2D eigenvalue weighted by Gasteiger charge is -2.16. The van der Waals surface area contributed by atoms with Crippen LogP contribution in [0.25, 0.3) is 17.2 Å². The van der Waals surface area contributed by atoms with Gasteiger partial charge in [0, 0.05) is 18.0 Å². The summed E-state index contributed by atoms with van der Waals surface area (Å²) in [6, 6.07) is 3.79. The Balaban J connectivity index is 2.26. The molecular weight excluding hydrogens is 388 g/mol. The van der Waals surface area contributed by atoms with E-state index in [-0.39, 0.29) is 21.9 Å². The summed E-state index contributed by atoms with van der Waals surface area (Å²) >= 11 is 6.00. The van der Waals surface area contributed by atoms with E-state index in [1.807, 2.05) is 0 Å². The number of ether oxygens (including phenoxy) is 1. The number of phenols is 1. The van der Waals surface area contributed by atoms with Gasteiger partial charge in [0.2, 0.25) is 0 Å². The molecule has 1 heterocycles. The van der Waals surface area contributed by atoms with Crippen molar-refractivity contribution < 1.29 is 27.4 Å². The van der Waals surface area contributed by atoms with Crippen molar-refractivity contribution in [3.05, 3.63) is 52.1 Å². The Morgan fingerprint density at radius 2 is 1.81 bits per heavy atom. The summed E-state index contributed by atoms with van der Waals surface area (Å²) in [5, 5.41) is 10.1. The number of phenolic OH excluding ortho intramolecular Hbond substituents is 1. The van der Waals surface area contributed by atoms with Gasteiger partial charge in [-0.05, 0) is 35.4 Å². The van der Waals surface area contributed by atoms with E-state index in [0.29, 0.717) is 17.5 Å². The Kier molecular flexibility index (Phi) is 4.93. The van der Waals surface area contributed by atoms with E-state index in [2.05, 4.69) is 9.98 Å². The normalized spacial score (nSPS) is 13.3. The molecule has 4 nitrogen and oxygen atoms in total. The summed E-state index contributed by atoms with van der Waals surface area (Å²) in [7, 11) is 1.25.